The van der Waals surface area contributed by atoms with Crippen LogP contribution in [0.15, 0.2) is 24.3 Å². The summed E-state index contributed by atoms with van der Waals surface area (Å²) in [6, 6.07) is 8.97. The van der Waals surface area contributed by atoms with E-state index in [1.807, 2.05) is 4.90 Å². The molecule has 1 aromatic rings. The highest BCUT2D eigenvalue weighted by atomic mass is 16.5. The molecule has 0 aliphatic carbocycles. The van der Waals surface area contributed by atoms with Gasteiger partial charge in [0.1, 0.15) is 0 Å². The van der Waals surface area contributed by atoms with Gasteiger partial charge in [0.05, 0.1) is 13.0 Å². The highest BCUT2D eigenvalue weighted by molar-refractivity contribution is 5.76. The molecule has 1 heterocycles. The Bertz CT molecular complexity index is 470. The second-order valence-corrected chi connectivity index (χ2v) is 6.34. The van der Waals surface area contributed by atoms with Crippen LogP contribution in [0.3, 0.4) is 0 Å². The fourth-order valence-electron chi connectivity index (χ4n) is 2.87. The van der Waals surface area contributed by atoms with Crippen molar-refractivity contribution < 1.29 is 9.53 Å². The number of hydrogen-bond donors (Lipinski definition) is 1. The Morgan fingerprint density at radius 3 is 2.73 bits per heavy atom. The average Bonchev–Trinajstić information content (AvgIpc) is 2.53. The van der Waals surface area contributed by atoms with Crippen LogP contribution in [0.4, 0.5) is 5.69 Å². The van der Waals surface area contributed by atoms with Crippen molar-refractivity contribution in [1.29, 1.82) is 0 Å². The molecule has 4 heteroatoms. The molecule has 122 valence electrons. The number of carbonyl (C=O) groups is 1. The van der Waals surface area contributed by atoms with Crippen molar-refractivity contribution in [1.82, 2.24) is 4.90 Å². The number of methoxy groups -OCH3 is 1. The topological polar surface area (TPSA) is 41.6 Å². The Balaban J connectivity index is 1.88. The molecule has 1 aliphatic heterocycles. The van der Waals surface area contributed by atoms with E-state index in [1.54, 1.807) is 7.11 Å². The lowest BCUT2D eigenvalue weighted by Gasteiger charge is -2.33. The summed E-state index contributed by atoms with van der Waals surface area (Å²) in [6.45, 7) is 6.56. The molecule has 1 saturated heterocycles. The maximum Gasteiger partial charge on any atom is 0.224 e. The van der Waals surface area contributed by atoms with E-state index in [0.717, 1.165) is 31.6 Å². The van der Waals surface area contributed by atoms with Crippen LogP contribution in [-0.4, -0.2) is 43.7 Å². The van der Waals surface area contributed by atoms with Crippen molar-refractivity contribution in [2.45, 2.75) is 45.1 Å². The molecule has 4 nitrogen and oxygen atoms in total. The predicted octanol–water partition coefficient (Wildman–Crippen LogP) is 3.25. The first kappa shape index (κ1) is 16.8. The zero-order valence-corrected chi connectivity index (χ0v) is 14.0. The highest BCUT2D eigenvalue weighted by Crippen LogP contribution is 2.20. The van der Waals surface area contributed by atoms with Gasteiger partial charge in [-0.05, 0) is 36.5 Å². The fraction of sp³-hybridized carbons (Fsp3) is 0.611. The molecular weight excluding hydrogens is 276 g/mol. The first-order chi connectivity index (χ1) is 10.6. The van der Waals surface area contributed by atoms with E-state index in [0.29, 0.717) is 25.0 Å². The van der Waals surface area contributed by atoms with Crippen LogP contribution in [0.1, 0.15) is 44.6 Å². The van der Waals surface area contributed by atoms with Crippen molar-refractivity contribution in [3.8, 4) is 0 Å². The van der Waals surface area contributed by atoms with Gasteiger partial charge in [-0.15, -0.1) is 0 Å². The molecule has 1 unspecified atom stereocenters. The van der Waals surface area contributed by atoms with E-state index >= 15 is 0 Å². The molecule has 0 spiro atoms. The molecule has 0 saturated carbocycles. The third kappa shape index (κ3) is 4.73. The lowest BCUT2D eigenvalue weighted by atomic mass is 10.0. The summed E-state index contributed by atoms with van der Waals surface area (Å²) in [5, 5.41) is 3.56. The monoisotopic (exact) mass is 304 g/mol. The van der Waals surface area contributed by atoms with Crippen LogP contribution in [0.2, 0.25) is 0 Å². The number of anilines is 1. The second kappa shape index (κ2) is 8.18. The van der Waals surface area contributed by atoms with Crippen molar-refractivity contribution in [2.24, 2.45) is 0 Å². The lowest BCUT2D eigenvalue weighted by molar-refractivity contribution is -0.133. The van der Waals surface area contributed by atoms with Crippen LogP contribution in [0.5, 0.6) is 0 Å². The molecule has 0 aromatic heterocycles. The Labute approximate surface area is 133 Å². The van der Waals surface area contributed by atoms with Crippen molar-refractivity contribution in [3.63, 3.8) is 0 Å². The van der Waals surface area contributed by atoms with Crippen molar-refractivity contribution >= 4 is 11.6 Å². The van der Waals surface area contributed by atoms with Gasteiger partial charge in [-0.3, -0.25) is 4.79 Å². The number of nitrogens with one attached hydrogen (secondary N) is 1. The zero-order valence-electron chi connectivity index (χ0n) is 14.0. The molecule has 22 heavy (non-hydrogen) atoms. The summed E-state index contributed by atoms with van der Waals surface area (Å²) in [5.41, 5.74) is 2.49. The molecule has 1 amide bonds. The number of hydrogen-bond acceptors (Lipinski definition) is 3. The molecule has 1 fully saturated rings. The molecular formula is C18H28N2O2. The van der Waals surface area contributed by atoms with Gasteiger partial charge >= 0.3 is 0 Å². The fourth-order valence-corrected chi connectivity index (χ4v) is 2.87. The van der Waals surface area contributed by atoms with Gasteiger partial charge in [0.25, 0.3) is 0 Å². The summed E-state index contributed by atoms with van der Waals surface area (Å²) in [5.74, 6) is 0.751. The second-order valence-electron chi connectivity index (χ2n) is 6.34. The Morgan fingerprint density at radius 2 is 2.09 bits per heavy atom. The van der Waals surface area contributed by atoms with Gasteiger partial charge in [0.2, 0.25) is 5.91 Å². The van der Waals surface area contributed by atoms with Gasteiger partial charge in [0, 0.05) is 31.9 Å². The minimum Gasteiger partial charge on any atom is -0.384 e. The Morgan fingerprint density at radius 1 is 1.36 bits per heavy atom. The number of benzene rings is 1. The SMILES string of the molecule is COCCC(=O)N1CCCC(Nc2ccc(C(C)C)cc2)C1. The standard InChI is InChI=1S/C18H28N2O2/c1-14(2)15-6-8-16(9-7-15)19-17-5-4-11-20(13-17)18(21)10-12-22-3/h6-9,14,17,19H,4-5,10-13H2,1-3H3. The van der Waals surface area contributed by atoms with E-state index in [-0.39, 0.29) is 5.91 Å². The number of ether oxygens (including phenoxy) is 1. The summed E-state index contributed by atoms with van der Waals surface area (Å²) in [4.78, 5) is 14.1. The largest absolute Gasteiger partial charge is 0.384 e. The number of amides is 1. The van der Waals surface area contributed by atoms with Gasteiger partial charge in [0.15, 0.2) is 0 Å². The summed E-state index contributed by atoms with van der Waals surface area (Å²) >= 11 is 0. The van der Waals surface area contributed by atoms with Crippen molar-refractivity contribution in [3.05, 3.63) is 29.8 Å². The van der Waals surface area contributed by atoms with Gasteiger partial charge in [-0.25, -0.2) is 0 Å². The third-order valence-corrected chi connectivity index (χ3v) is 4.24. The van der Waals surface area contributed by atoms with E-state index in [4.69, 9.17) is 4.74 Å². The minimum atomic E-state index is 0.198. The molecule has 0 radical (unpaired) electrons. The minimum absolute atomic E-state index is 0.198. The normalized spacial score (nSPS) is 18.5. The van der Waals surface area contributed by atoms with E-state index in [1.165, 1.54) is 5.56 Å². The van der Waals surface area contributed by atoms with E-state index in [9.17, 15) is 4.79 Å². The van der Waals surface area contributed by atoms with Crippen LogP contribution in [-0.2, 0) is 9.53 Å². The van der Waals surface area contributed by atoms with Gasteiger partial charge in [-0.1, -0.05) is 26.0 Å². The molecule has 1 atom stereocenters. The highest BCUT2D eigenvalue weighted by Gasteiger charge is 2.23. The Hall–Kier alpha value is -1.55. The van der Waals surface area contributed by atoms with Crippen LogP contribution in [0.25, 0.3) is 0 Å². The maximum atomic E-state index is 12.1. The first-order valence-corrected chi connectivity index (χ1v) is 8.23. The number of nitrogens with zero attached hydrogens (tertiary/aromatic N) is 1. The van der Waals surface area contributed by atoms with Gasteiger partial charge in [-0.2, -0.15) is 0 Å². The van der Waals surface area contributed by atoms with E-state index in [2.05, 4.69) is 43.4 Å². The van der Waals surface area contributed by atoms with Gasteiger partial charge < -0.3 is 15.0 Å². The van der Waals surface area contributed by atoms with Crippen molar-refractivity contribution in [2.75, 3.05) is 32.1 Å². The lowest BCUT2D eigenvalue weighted by Crippen LogP contribution is -2.45. The molecule has 0 bridgehead atoms. The maximum absolute atomic E-state index is 12.1. The Kier molecular flexibility index (Phi) is 6.25. The third-order valence-electron chi connectivity index (χ3n) is 4.24. The first-order valence-electron chi connectivity index (χ1n) is 8.23. The van der Waals surface area contributed by atoms with Crippen LogP contribution in [0, 0.1) is 0 Å². The zero-order chi connectivity index (χ0) is 15.9. The predicted molar refractivity (Wildman–Crippen MR) is 90.2 cm³/mol. The quantitative estimate of drug-likeness (QED) is 0.877. The molecule has 1 aliphatic rings. The van der Waals surface area contributed by atoms with E-state index < -0.39 is 0 Å². The number of carbonyl (C=O) groups excluding carboxylic acids is 1. The average molecular weight is 304 g/mol. The number of rotatable bonds is 6. The summed E-state index contributed by atoms with van der Waals surface area (Å²) < 4.78 is 4.99. The molecule has 1 aromatic carbocycles. The molecule has 1 N–H and O–H groups in total. The smallest absolute Gasteiger partial charge is 0.224 e. The summed E-state index contributed by atoms with van der Waals surface area (Å²) in [6.07, 6.45) is 2.65. The number of piperidine rings is 1. The molecule has 2 rings (SSSR count). The number of likely N-dealkylation sites (tertiary alicyclic amines) is 1. The van der Waals surface area contributed by atoms with Crippen LogP contribution < -0.4 is 5.32 Å². The summed E-state index contributed by atoms with van der Waals surface area (Å²) in [7, 11) is 1.63. The van der Waals surface area contributed by atoms with Crippen LogP contribution >= 0.6 is 0 Å².